The van der Waals surface area contributed by atoms with Crippen molar-refractivity contribution in [2.24, 2.45) is 0 Å². The SMILES string of the molecule is Cc1ccc(-c2nn(-c3ccncc3)c(N)c2C#N)c(Cl)c1. The Balaban J connectivity index is 2.24. The molecule has 0 saturated carbocycles. The molecular formula is C16H12ClN5. The van der Waals surface area contributed by atoms with Crippen LogP contribution in [0.2, 0.25) is 5.02 Å². The maximum Gasteiger partial charge on any atom is 0.145 e. The van der Waals surface area contributed by atoms with Crippen LogP contribution in [0.4, 0.5) is 5.82 Å². The van der Waals surface area contributed by atoms with Crippen LogP contribution in [-0.2, 0) is 0 Å². The molecule has 0 aliphatic rings. The van der Waals surface area contributed by atoms with Gasteiger partial charge in [0.05, 0.1) is 10.7 Å². The number of nitrogens with two attached hydrogens (primary N) is 1. The van der Waals surface area contributed by atoms with Crippen molar-refractivity contribution in [2.45, 2.75) is 6.92 Å². The van der Waals surface area contributed by atoms with Gasteiger partial charge in [-0.05, 0) is 30.7 Å². The van der Waals surface area contributed by atoms with Crippen LogP contribution in [0.3, 0.4) is 0 Å². The summed E-state index contributed by atoms with van der Waals surface area (Å²) in [7, 11) is 0. The molecule has 5 nitrogen and oxygen atoms in total. The minimum absolute atomic E-state index is 0.278. The van der Waals surface area contributed by atoms with E-state index in [2.05, 4.69) is 16.2 Å². The van der Waals surface area contributed by atoms with Crippen LogP contribution in [0.25, 0.3) is 16.9 Å². The predicted molar refractivity (Wildman–Crippen MR) is 85.7 cm³/mol. The molecule has 3 aromatic rings. The largest absolute Gasteiger partial charge is 0.382 e. The molecule has 0 saturated heterocycles. The van der Waals surface area contributed by atoms with Crippen molar-refractivity contribution in [1.29, 1.82) is 5.26 Å². The molecule has 3 rings (SSSR count). The van der Waals surface area contributed by atoms with Crippen LogP contribution < -0.4 is 5.73 Å². The summed E-state index contributed by atoms with van der Waals surface area (Å²) in [5.41, 5.74) is 9.31. The highest BCUT2D eigenvalue weighted by molar-refractivity contribution is 6.33. The minimum atomic E-state index is 0.278. The van der Waals surface area contributed by atoms with Crippen LogP contribution >= 0.6 is 11.6 Å². The Morgan fingerprint density at radius 3 is 2.59 bits per heavy atom. The van der Waals surface area contributed by atoms with Crippen molar-refractivity contribution in [3.63, 3.8) is 0 Å². The molecular weight excluding hydrogens is 298 g/mol. The maximum atomic E-state index is 9.43. The summed E-state index contributed by atoms with van der Waals surface area (Å²) in [5.74, 6) is 0.278. The maximum absolute atomic E-state index is 9.43. The van der Waals surface area contributed by atoms with Gasteiger partial charge in [-0.3, -0.25) is 4.98 Å². The van der Waals surface area contributed by atoms with Crippen LogP contribution in [-0.4, -0.2) is 14.8 Å². The molecule has 0 unspecified atom stereocenters. The fraction of sp³-hybridized carbons (Fsp3) is 0.0625. The molecule has 0 radical (unpaired) electrons. The lowest BCUT2D eigenvalue weighted by atomic mass is 10.1. The molecule has 108 valence electrons. The lowest BCUT2D eigenvalue weighted by Gasteiger charge is -2.03. The second kappa shape index (κ2) is 5.51. The van der Waals surface area contributed by atoms with Crippen LogP contribution in [0.15, 0.2) is 42.7 Å². The second-order valence-electron chi connectivity index (χ2n) is 4.82. The Bertz CT molecular complexity index is 878. The zero-order valence-corrected chi connectivity index (χ0v) is 12.5. The van der Waals surface area contributed by atoms with E-state index in [1.54, 1.807) is 24.5 Å². The van der Waals surface area contributed by atoms with Crippen molar-refractivity contribution >= 4 is 17.4 Å². The number of anilines is 1. The fourth-order valence-corrected chi connectivity index (χ4v) is 2.55. The lowest BCUT2D eigenvalue weighted by molar-refractivity contribution is 0.892. The summed E-state index contributed by atoms with van der Waals surface area (Å²) in [6.45, 7) is 1.95. The molecule has 0 bridgehead atoms. The Morgan fingerprint density at radius 2 is 1.95 bits per heavy atom. The molecule has 0 fully saturated rings. The fourth-order valence-electron chi connectivity index (χ4n) is 2.22. The zero-order valence-electron chi connectivity index (χ0n) is 11.8. The summed E-state index contributed by atoms with van der Waals surface area (Å²) in [4.78, 5) is 3.96. The summed E-state index contributed by atoms with van der Waals surface area (Å²) in [5, 5.41) is 14.4. The molecule has 22 heavy (non-hydrogen) atoms. The number of benzene rings is 1. The molecule has 1 aromatic carbocycles. The standard InChI is InChI=1S/C16H12ClN5/c1-10-2-3-12(14(17)8-10)15-13(9-18)16(19)22(21-15)11-4-6-20-7-5-11/h2-8H,19H2,1H3. The van der Waals surface area contributed by atoms with E-state index in [4.69, 9.17) is 17.3 Å². The number of rotatable bonds is 2. The zero-order chi connectivity index (χ0) is 15.7. The first-order valence-electron chi connectivity index (χ1n) is 6.57. The van der Waals surface area contributed by atoms with Crippen molar-refractivity contribution < 1.29 is 0 Å². The highest BCUT2D eigenvalue weighted by atomic mass is 35.5. The number of hydrogen-bond acceptors (Lipinski definition) is 4. The summed E-state index contributed by atoms with van der Waals surface area (Å²) in [6.07, 6.45) is 3.28. The monoisotopic (exact) mass is 309 g/mol. The number of aryl methyl sites for hydroxylation is 1. The van der Waals surface area contributed by atoms with Gasteiger partial charge < -0.3 is 5.73 Å². The average Bonchev–Trinajstić information content (AvgIpc) is 2.84. The summed E-state index contributed by atoms with van der Waals surface area (Å²) < 4.78 is 1.52. The third kappa shape index (κ3) is 2.30. The number of hydrogen-bond donors (Lipinski definition) is 1. The molecule has 0 aliphatic carbocycles. The van der Waals surface area contributed by atoms with E-state index in [0.717, 1.165) is 11.3 Å². The molecule has 2 aromatic heterocycles. The van der Waals surface area contributed by atoms with Gasteiger partial charge in [-0.2, -0.15) is 10.4 Å². The van der Waals surface area contributed by atoms with Crippen molar-refractivity contribution in [3.05, 3.63) is 58.9 Å². The van der Waals surface area contributed by atoms with Gasteiger partial charge in [0.2, 0.25) is 0 Å². The van der Waals surface area contributed by atoms with E-state index in [1.165, 1.54) is 4.68 Å². The predicted octanol–water partition coefficient (Wildman–Crippen LogP) is 3.35. The number of nitriles is 1. The van der Waals surface area contributed by atoms with Gasteiger partial charge in [-0.15, -0.1) is 0 Å². The Morgan fingerprint density at radius 1 is 1.23 bits per heavy atom. The number of halogens is 1. The van der Waals surface area contributed by atoms with Crippen LogP contribution in [0.5, 0.6) is 0 Å². The first-order chi connectivity index (χ1) is 10.6. The number of nitrogen functional groups attached to an aromatic ring is 1. The van der Waals surface area contributed by atoms with Gasteiger partial charge in [0.25, 0.3) is 0 Å². The van der Waals surface area contributed by atoms with Gasteiger partial charge in [0, 0.05) is 18.0 Å². The second-order valence-corrected chi connectivity index (χ2v) is 5.23. The topological polar surface area (TPSA) is 80.5 Å². The van der Waals surface area contributed by atoms with E-state index in [0.29, 0.717) is 21.8 Å². The summed E-state index contributed by atoms with van der Waals surface area (Å²) in [6, 6.07) is 11.2. The highest BCUT2D eigenvalue weighted by Crippen LogP contribution is 2.33. The van der Waals surface area contributed by atoms with E-state index >= 15 is 0 Å². The van der Waals surface area contributed by atoms with Gasteiger partial charge in [-0.25, -0.2) is 4.68 Å². The summed E-state index contributed by atoms with van der Waals surface area (Å²) >= 11 is 6.29. The van der Waals surface area contributed by atoms with E-state index in [1.807, 2.05) is 25.1 Å². The minimum Gasteiger partial charge on any atom is -0.382 e. The first-order valence-corrected chi connectivity index (χ1v) is 6.95. The number of nitrogens with zero attached hydrogens (tertiary/aromatic N) is 4. The molecule has 0 amide bonds. The normalized spacial score (nSPS) is 10.4. The van der Waals surface area contributed by atoms with Gasteiger partial charge in [0.1, 0.15) is 23.1 Å². The van der Waals surface area contributed by atoms with E-state index in [9.17, 15) is 5.26 Å². The Labute approximate surface area is 132 Å². The van der Waals surface area contributed by atoms with Crippen molar-refractivity contribution in [3.8, 4) is 23.0 Å². The third-order valence-electron chi connectivity index (χ3n) is 3.32. The van der Waals surface area contributed by atoms with Gasteiger partial charge in [-0.1, -0.05) is 23.7 Å². The molecule has 0 aliphatic heterocycles. The molecule has 2 N–H and O–H groups in total. The first kappa shape index (κ1) is 14.1. The number of pyridine rings is 1. The Hall–Kier alpha value is -2.84. The quantitative estimate of drug-likeness (QED) is 0.787. The van der Waals surface area contributed by atoms with Crippen molar-refractivity contribution in [2.75, 3.05) is 5.73 Å². The highest BCUT2D eigenvalue weighted by Gasteiger charge is 2.19. The Kier molecular flexibility index (Phi) is 3.53. The molecule has 0 atom stereocenters. The third-order valence-corrected chi connectivity index (χ3v) is 3.63. The number of aromatic nitrogens is 3. The lowest BCUT2D eigenvalue weighted by Crippen LogP contribution is -2.02. The van der Waals surface area contributed by atoms with Crippen LogP contribution in [0.1, 0.15) is 11.1 Å². The van der Waals surface area contributed by atoms with Crippen LogP contribution in [0, 0.1) is 18.3 Å². The van der Waals surface area contributed by atoms with Crippen molar-refractivity contribution in [1.82, 2.24) is 14.8 Å². The average molecular weight is 310 g/mol. The van der Waals surface area contributed by atoms with Gasteiger partial charge in [0.15, 0.2) is 0 Å². The van der Waals surface area contributed by atoms with Gasteiger partial charge >= 0.3 is 0 Å². The van der Waals surface area contributed by atoms with E-state index in [-0.39, 0.29) is 5.82 Å². The molecule has 6 heteroatoms. The smallest absolute Gasteiger partial charge is 0.145 e. The molecule has 0 spiro atoms. The molecule has 2 heterocycles. The van der Waals surface area contributed by atoms with E-state index < -0.39 is 0 Å².